The van der Waals surface area contributed by atoms with Crippen molar-refractivity contribution in [1.29, 1.82) is 0 Å². The van der Waals surface area contributed by atoms with Gasteiger partial charge in [-0.3, -0.25) is 0 Å². The minimum Gasteiger partial charge on any atom is -0.382 e. The first-order valence-corrected chi connectivity index (χ1v) is 11.7. The van der Waals surface area contributed by atoms with Gasteiger partial charge in [0.1, 0.15) is 0 Å². The molecule has 0 spiro atoms. The van der Waals surface area contributed by atoms with Crippen LogP contribution in [0.15, 0.2) is 67.2 Å². The van der Waals surface area contributed by atoms with Gasteiger partial charge in [-0.25, -0.2) is 0 Å². The van der Waals surface area contributed by atoms with Crippen molar-refractivity contribution in [2.75, 3.05) is 5.32 Å². The van der Waals surface area contributed by atoms with E-state index in [4.69, 9.17) is 0 Å². The summed E-state index contributed by atoms with van der Waals surface area (Å²) in [5.41, 5.74) is 10.5. The Hall–Kier alpha value is -2.80. The lowest BCUT2D eigenvalue weighted by Gasteiger charge is -2.21. The summed E-state index contributed by atoms with van der Waals surface area (Å²) in [5, 5.41) is 3.77. The highest BCUT2D eigenvalue weighted by atomic mass is 14.9. The first kappa shape index (κ1) is 22.9. The SMILES string of the molecule is C=Cc1ccc(NC(CCCCC)Cc2ccc(-c3c(C)cc(C)cc3C)cc2)cc1. The average Bonchev–Trinajstić information content (AvgIpc) is 2.75. The zero-order valence-electron chi connectivity index (χ0n) is 19.7. The number of nitrogens with one attached hydrogen (secondary N) is 1. The van der Waals surface area contributed by atoms with Gasteiger partial charge in [-0.15, -0.1) is 0 Å². The molecule has 0 fully saturated rings. The second kappa shape index (κ2) is 11.0. The summed E-state index contributed by atoms with van der Waals surface area (Å²) < 4.78 is 0. The molecular weight excluding hydrogens is 374 g/mol. The van der Waals surface area contributed by atoms with E-state index in [1.165, 1.54) is 64.8 Å². The predicted octanol–water partition coefficient (Wildman–Crippen LogP) is 8.53. The Kier molecular flexibility index (Phi) is 8.12. The van der Waals surface area contributed by atoms with E-state index in [1.807, 2.05) is 6.08 Å². The van der Waals surface area contributed by atoms with Crippen LogP contribution in [0.4, 0.5) is 5.69 Å². The molecular formula is C30H37N. The van der Waals surface area contributed by atoms with E-state index >= 15 is 0 Å². The number of benzene rings is 3. The van der Waals surface area contributed by atoms with Crippen molar-refractivity contribution >= 4 is 11.8 Å². The van der Waals surface area contributed by atoms with Crippen molar-refractivity contribution in [3.8, 4) is 11.1 Å². The number of aryl methyl sites for hydroxylation is 3. The molecule has 1 N–H and O–H groups in total. The first-order valence-electron chi connectivity index (χ1n) is 11.7. The molecule has 3 aromatic carbocycles. The zero-order chi connectivity index (χ0) is 22.2. The molecule has 1 atom stereocenters. The van der Waals surface area contributed by atoms with Gasteiger partial charge in [0.15, 0.2) is 0 Å². The van der Waals surface area contributed by atoms with Crippen LogP contribution in [-0.4, -0.2) is 6.04 Å². The third-order valence-electron chi connectivity index (χ3n) is 6.08. The van der Waals surface area contributed by atoms with Gasteiger partial charge in [-0.05, 0) is 79.1 Å². The lowest BCUT2D eigenvalue weighted by molar-refractivity contribution is 0.583. The topological polar surface area (TPSA) is 12.0 Å². The van der Waals surface area contributed by atoms with E-state index < -0.39 is 0 Å². The fourth-order valence-electron chi connectivity index (χ4n) is 4.54. The number of unbranched alkanes of at least 4 members (excludes halogenated alkanes) is 2. The van der Waals surface area contributed by atoms with Gasteiger partial charge in [-0.1, -0.05) is 92.9 Å². The Morgan fingerprint density at radius 3 is 2.10 bits per heavy atom. The van der Waals surface area contributed by atoms with Gasteiger partial charge < -0.3 is 5.32 Å². The van der Waals surface area contributed by atoms with Crippen LogP contribution < -0.4 is 5.32 Å². The summed E-state index contributed by atoms with van der Waals surface area (Å²) in [6, 6.07) is 22.8. The Morgan fingerprint density at radius 1 is 0.871 bits per heavy atom. The van der Waals surface area contributed by atoms with E-state index in [1.54, 1.807) is 0 Å². The Bertz CT molecular complexity index is 957. The molecule has 0 aromatic heterocycles. The largest absolute Gasteiger partial charge is 0.382 e. The fourth-order valence-corrected chi connectivity index (χ4v) is 4.54. The van der Waals surface area contributed by atoms with Crippen molar-refractivity contribution in [3.63, 3.8) is 0 Å². The lowest BCUT2D eigenvalue weighted by atomic mass is 9.92. The van der Waals surface area contributed by atoms with Gasteiger partial charge in [0.05, 0.1) is 0 Å². The van der Waals surface area contributed by atoms with Crippen LogP contribution in [-0.2, 0) is 6.42 Å². The molecule has 0 saturated heterocycles. The monoisotopic (exact) mass is 411 g/mol. The number of hydrogen-bond donors (Lipinski definition) is 1. The van der Waals surface area contributed by atoms with E-state index in [9.17, 15) is 0 Å². The van der Waals surface area contributed by atoms with Gasteiger partial charge in [0.2, 0.25) is 0 Å². The van der Waals surface area contributed by atoms with Crippen LogP contribution in [0.2, 0.25) is 0 Å². The van der Waals surface area contributed by atoms with Gasteiger partial charge in [0, 0.05) is 11.7 Å². The molecule has 3 rings (SSSR count). The Morgan fingerprint density at radius 2 is 1.52 bits per heavy atom. The molecule has 1 unspecified atom stereocenters. The second-order valence-corrected chi connectivity index (χ2v) is 8.84. The molecule has 1 nitrogen and oxygen atoms in total. The van der Waals surface area contributed by atoms with Crippen LogP contribution in [0.1, 0.15) is 60.4 Å². The summed E-state index contributed by atoms with van der Waals surface area (Å²) in [4.78, 5) is 0. The molecule has 0 radical (unpaired) electrons. The number of anilines is 1. The smallest absolute Gasteiger partial charge is 0.0342 e. The molecule has 0 heterocycles. The maximum atomic E-state index is 3.85. The fraction of sp³-hybridized carbons (Fsp3) is 0.333. The highest BCUT2D eigenvalue weighted by Gasteiger charge is 2.11. The summed E-state index contributed by atoms with van der Waals surface area (Å²) in [6.07, 6.45) is 7.93. The lowest BCUT2D eigenvalue weighted by Crippen LogP contribution is -2.22. The van der Waals surface area contributed by atoms with Crippen LogP contribution >= 0.6 is 0 Å². The van der Waals surface area contributed by atoms with Gasteiger partial charge >= 0.3 is 0 Å². The molecule has 162 valence electrons. The summed E-state index contributed by atoms with van der Waals surface area (Å²) in [7, 11) is 0. The van der Waals surface area contributed by atoms with E-state index in [0.717, 1.165) is 12.0 Å². The van der Waals surface area contributed by atoms with Crippen molar-refractivity contribution < 1.29 is 0 Å². The summed E-state index contributed by atoms with van der Waals surface area (Å²) in [6.45, 7) is 12.7. The van der Waals surface area contributed by atoms with Crippen LogP contribution in [0.25, 0.3) is 17.2 Å². The Balaban J connectivity index is 1.74. The molecule has 1 heteroatoms. The zero-order valence-corrected chi connectivity index (χ0v) is 19.7. The van der Waals surface area contributed by atoms with Crippen LogP contribution in [0.5, 0.6) is 0 Å². The van der Waals surface area contributed by atoms with Crippen molar-refractivity contribution in [1.82, 2.24) is 0 Å². The standard InChI is InChI=1S/C30H37N/c1-6-8-9-10-29(31-28-17-13-25(7-2)14-18-28)21-26-11-15-27(16-12-26)30-23(4)19-22(3)20-24(30)5/h7,11-20,29,31H,2,6,8-10,21H2,1,3-5H3. The molecule has 31 heavy (non-hydrogen) atoms. The second-order valence-electron chi connectivity index (χ2n) is 8.84. The van der Waals surface area contributed by atoms with E-state index in [0.29, 0.717) is 6.04 Å². The molecule has 0 amide bonds. The predicted molar refractivity (Wildman–Crippen MR) is 138 cm³/mol. The van der Waals surface area contributed by atoms with Crippen LogP contribution in [0, 0.1) is 20.8 Å². The minimum atomic E-state index is 0.440. The number of hydrogen-bond acceptors (Lipinski definition) is 1. The first-order chi connectivity index (χ1) is 15.0. The molecule has 3 aromatic rings. The van der Waals surface area contributed by atoms with Gasteiger partial charge in [0.25, 0.3) is 0 Å². The quantitative estimate of drug-likeness (QED) is 0.330. The van der Waals surface area contributed by atoms with E-state index in [-0.39, 0.29) is 0 Å². The van der Waals surface area contributed by atoms with Crippen molar-refractivity contribution in [2.45, 2.75) is 65.8 Å². The molecule has 0 aliphatic rings. The molecule has 0 bridgehead atoms. The minimum absolute atomic E-state index is 0.440. The van der Waals surface area contributed by atoms with E-state index in [2.05, 4.69) is 100 Å². The maximum Gasteiger partial charge on any atom is 0.0342 e. The summed E-state index contributed by atoms with van der Waals surface area (Å²) in [5.74, 6) is 0. The van der Waals surface area contributed by atoms with Gasteiger partial charge in [-0.2, -0.15) is 0 Å². The number of rotatable bonds is 10. The molecule has 0 aliphatic carbocycles. The molecule has 0 aliphatic heterocycles. The average molecular weight is 412 g/mol. The third-order valence-corrected chi connectivity index (χ3v) is 6.08. The third kappa shape index (κ3) is 6.34. The summed E-state index contributed by atoms with van der Waals surface area (Å²) >= 11 is 0. The van der Waals surface area contributed by atoms with Crippen molar-refractivity contribution in [2.24, 2.45) is 0 Å². The molecule has 0 saturated carbocycles. The highest BCUT2D eigenvalue weighted by Crippen LogP contribution is 2.29. The maximum absolute atomic E-state index is 3.85. The van der Waals surface area contributed by atoms with Crippen molar-refractivity contribution in [3.05, 3.63) is 95.1 Å². The van der Waals surface area contributed by atoms with Crippen LogP contribution in [0.3, 0.4) is 0 Å². The highest BCUT2D eigenvalue weighted by molar-refractivity contribution is 5.71. The normalized spacial score (nSPS) is 11.9. The Labute approximate surface area is 189 Å².